The third-order valence-corrected chi connectivity index (χ3v) is 6.60. The number of rotatable bonds is 2. The van der Waals surface area contributed by atoms with E-state index in [1.807, 2.05) is 6.07 Å². The Kier molecular flexibility index (Phi) is 4.86. The quantitative estimate of drug-likeness (QED) is 0.700. The van der Waals surface area contributed by atoms with Crippen molar-refractivity contribution in [1.82, 2.24) is 5.32 Å². The van der Waals surface area contributed by atoms with Gasteiger partial charge in [0.2, 0.25) is 9.84 Å². The summed E-state index contributed by atoms with van der Waals surface area (Å²) in [7, 11) is -3.63. The molecule has 0 atom stereocenters. The maximum absolute atomic E-state index is 13.0. The van der Waals surface area contributed by atoms with Gasteiger partial charge in [-0.05, 0) is 30.7 Å². The van der Waals surface area contributed by atoms with Gasteiger partial charge in [-0.25, -0.2) is 8.42 Å². The molecule has 0 spiro atoms. The summed E-state index contributed by atoms with van der Waals surface area (Å²) in [4.78, 5) is 0.499. The molecule has 0 fully saturated rings. The van der Waals surface area contributed by atoms with Gasteiger partial charge in [-0.1, -0.05) is 29.8 Å². The summed E-state index contributed by atoms with van der Waals surface area (Å²) in [6.45, 7) is 3.29. The molecule has 0 unspecified atom stereocenters. The van der Waals surface area contributed by atoms with E-state index in [1.165, 1.54) is 6.07 Å². The van der Waals surface area contributed by atoms with E-state index in [1.54, 1.807) is 31.2 Å². The summed E-state index contributed by atoms with van der Waals surface area (Å²) in [5.74, 6) is 0.885. The number of fused-ring (bicyclic) bond motifs is 3. The summed E-state index contributed by atoms with van der Waals surface area (Å²) >= 11 is 6.34. The fourth-order valence-electron chi connectivity index (χ4n) is 3.18. The van der Waals surface area contributed by atoms with E-state index in [9.17, 15) is 8.42 Å². The Morgan fingerprint density at radius 3 is 2.72 bits per heavy atom. The number of aryl methyl sites for hydroxylation is 1. The van der Waals surface area contributed by atoms with Gasteiger partial charge < -0.3 is 9.73 Å². The van der Waals surface area contributed by atoms with E-state index in [-0.39, 0.29) is 17.3 Å². The molecule has 132 valence electrons. The summed E-state index contributed by atoms with van der Waals surface area (Å²) in [5, 5.41) is 4.39. The Labute approximate surface area is 157 Å². The molecule has 0 amide bonds. The van der Waals surface area contributed by atoms with Gasteiger partial charge in [-0.15, -0.1) is 12.4 Å². The van der Waals surface area contributed by atoms with Crippen molar-refractivity contribution < 1.29 is 12.8 Å². The molecule has 3 aromatic rings. The number of benzene rings is 2. The molecule has 4 rings (SSSR count). The van der Waals surface area contributed by atoms with Crippen LogP contribution < -0.4 is 5.32 Å². The van der Waals surface area contributed by atoms with Crippen molar-refractivity contribution >= 4 is 44.8 Å². The van der Waals surface area contributed by atoms with Crippen molar-refractivity contribution in [3.05, 3.63) is 58.3 Å². The fraction of sp³-hybridized carbons (Fsp3) is 0.222. The van der Waals surface area contributed by atoms with Gasteiger partial charge in [-0.3, -0.25) is 0 Å². The summed E-state index contributed by atoms with van der Waals surface area (Å²) in [6.07, 6.45) is 0.778. The Morgan fingerprint density at radius 2 is 1.96 bits per heavy atom. The molecule has 2 aromatic carbocycles. The van der Waals surface area contributed by atoms with Gasteiger partial charge in [0.1, 0.15) is 5.76 Å². The summed E-state index contributed by atoms with van der Waals surface area (Å²) in [6, 6.07) is 10.1. The number of furan rings is 1. The Bertz CT molecular complexity index is 1060. The van der Waals surface area contributed by atoms with Gasteiger partial charge in [0.25, 0.3) is 0 Å². The Hall–Kier alpha value is -1.53. The van der Waals surface area contributed by atoms with Crippen LogP contribution in [0.15, 0.2) is 50.6 Å². The van der Waals surface area contributed by atoms with Crippen molar-refractivity contribution in [2.75, 3.05) is 6.54 Å². The predicted octanol–water partition coefficient (Wildman–Crippen LogP) is 4.29. The molecule has 0 radical (unpaired) electrons. The first-order valence-electron chi connectivity index (χ1n) is 7.74. The topological polar surface area (TPSA) is 59.3 Å². The zero-order valence-electron chi connectivity index (χ0n) is 13.5. The van der Waals surface area contributed by atoms with E-state index < -0.39 is 9.84 Å². The molecular weight excluding hydrogens is 381 g/mol. The summed E-state index contributed by atoms with van der Waals surface area (Å²) < 4.78 is 31.9. The second-order valence-electron chi connectivity index (χ2n) is 5.98. The zero-order valence-corrected chi connectivity index (χ0v) is 15.9. The molecular formula is C18H17Cl2NO3S. The van der Waals surface area contributed by atoms with E-state index in [4.69, 9.17) is 16.0 Å². The predicted molar refractivity (Wildman–Crippen MR) is 101 cm³/mol. The minimum Gasteiger partial charge on any atom is -0.459 e. The van der Waals surface area contributed by atoms with Crippen LogP contribution in [0.5, 0.6) is 0 Å². The average molecular weight is 398 g/mol. The highest BCUT2D eigenvalue weighted by atomic mass is 35.5. The van der Waals surface area contributed by atoms with E-state index in [0.29, 0.717) is 27.6 Å². The zero-order chi connectivity index (χ0) is 16.9. The monoisotopic (exact) mass is 397 g/mol. The molecule has 1 aliphatic rings. The second-order valence-corrected chi connectivity index (χ2v) is 8.31. The van der Waals surface area contributed by atoms with Crippen molar-refractivity contribution in [2.45, 2.75) is 29.7 Å². The third kappa shape index (κ3) is 2.95. The van der Waals surface area contributed by atoms with Crippen LogP contribution in [0.1, 0.15) is 16.9 Å². The maximum Gasteiger partial charge on any atom is 0.206 e. The van der Waals surface area contributed by atoms with Crippen LogP contribution in [-0.4, -0.2) is 15.0 Å². The molecule has 25 heavy (non-hydrogen) atoms. The van der Waals surface area contributed by atoms with E-state index >= 15 is 0 Å². The van der Waals surface area contributed by atoms with Crippen molar-refractivity contribution in [3.8, 4) is 0 Å². The van der Waals surface area contributed by atoms with Crippen LogP contribution >= 0.6 is 24.0 Å². The first kappa shape index (κ1) is 18.3. The van der Waals surface area contributed by atoms with Gasteiger partial charge >= 0.3 is 0 Å². The molecule has 0 bridgehead atoms. The summed E-state index contributed by atoms with van der Waals surface area (Å²) in [5.41, 5.74) is 2.28. The smallest absolute Gasteiger partial charge is 0.206 e. The van der Waals surface area contributed by atoms with Crippen LogP contribution in [-0.2, 0) is 22.8 Å². The molecule has 1 N–H and O–H groups in total. The van der Waals surface area contributed by atoms with Crippen LogP contribution in [0.3, 0.4) is 0 Å². The normalized spacial score (nSPS) is 14.2. The number of hydrogen-bond donors (Lipinski definition) is 1. The Balaban J connectivity index is 0.00000182. The lowest BCUT2D eigenvalue weighted by atomic mass is 10.1. The lowest BCUT2D eigenvalue weighted by Gasteiger charge is -2.11. The first-order valence-corrected chi connectivity index (χ1v) is 9.60. The van der Waals surface area contributed by atoms with Gasteiger partial charge in [0, 0.05) is 30.5 Å². The molecule has 4 nitrogen and oxygen atoms in total. The molecule has 0 aliphatic carbocycles. The van der Waals surface area contributed by atoms with Crippen LogP contribution in [0.2, 0.25) is 5.02 Å². The third-order valence-electron chi connectivity index (χ3n) is 4.43. The highest BCUT2D eigenvalue weighted by Crippen LogP contribution is 2.36. The Morgan fingerprint density at radius 1 is 1.20 bits per heavy atom. The van der Waals surface area contributed by atoms with Crippen LogP contribution in [0.4, 0.5) is 0 Å². The molecule has 1 aliphatic heterocycles. The largest absolute Gasteiger partial charge is 0.459 e. The minimum absolute atomic E-state index is 0. The fourth-order valence-corrected chi connectivity index (χ4v) is 5.05. The van der Waals surface area contributed by atoms with Gasteiger partial charge in [0.05, 0.1) is 14.8 Å². The number of nitrogens with one attached hydrogen (secondary N) is 1. The second kappa shape index (κ2) is 6.65. The van der Waals surface area contributed by atoms with E-state index in [0.717, 1.165) is 29.7 Å². The highest BCUT2D eigenvalue weighted by Gasteiger charge is 2.25. The van der Waals surface area contributed by atoms with Crippen molar-refractivity contribution in [2.24, 2.45) is 0 Å². The van der Waals surface area contributed by atoms with Crippen LogP contribution in [0, 0.1) is 6.92 Å². The maximum atomic E-state index is 13.0. The first-order chi connectivity index (χ1) is 11.5. The van der Waals surface area contributed by atoms with Crippen molar-refractivity contribution in [3.63, 3.8) is 0 Å². The van der Waals surface area contributed by atoms with Gasteiger partial charge in [0.15, 0.2) is 5.58 Å². The number of sulfone groups is 1. The van der Waals surface area contributed by atoms with Crippen LogP contribution in [0.25, 0.3) is 11.0 Å². The lowest BCUT2D eigenvalue weighted by Crippen LogP contribution is -2.22. The average Bonchev–Trinajstić information content (AvgIpc) is 2.94. The van der Waals surface area contributed by atoms with E-state index in [2.05, 4.69) is 5.32 Å². The molecule has 0 saturated heterocycles. The van der Waals surface area contributed by atoms with Gasteiger partial charge in [-0.2, -0.15) is 0 Å². The lowest BCUT2D eigenvalue weighted by molar-refractivity contribution is 0.500. The minimum atomic E-state index is -3.63. The molecule has 1 aromatic heterocycles. The molecule has 2 heterocycles. The standard InChI is InChI=1S/C18H16ClNO3S.ClH/c1-11-4-2-3-5-17(11)24(21,22)12-8-13-14-10-20-7-6-16(14)23-18(13)15(19)9-12;/h2-5,8-9,20H,6-7,10H2,1H3;1H. The molecule has 0 saturated carbocycles. The highest BCUT2D eigenvalue weighted by molar-refractivity contribution is 7.91. The van der Waals surface area contributed by atoms with Crippen molar-refractivity contribution in [1.29, 1.82) is 0 Å². The number of halogens is 2. The molecule has 7 heteroatoms. The number of hydrogen-bond acceptors (Lipinski definition) is 4. The SMILES string of the molecule is Cc1ccccc1S(=O)(=O)c1cc(Cl)c2oc3c(c2c1)CNCC3.Cl.